The Kier molecular flexibility index (Phi) is 7.58. The lowest BCUT2D eigenvalue weighted by molar-refractivity contribution is -0.129. The largest absolute Gasteiger partial charge is 0.472 e. The van der Waals surface area contributed by atoms with Gasteiger partial charge < -0.3 is 14.2 Å². The van der Waals surface area contributed by atoms with E-state index in [0.29, 0.717) is 29.8 Å². The molecule has 0 saturated heterocycles. The van der Waals surface area contributed by atoms with Gasteiger partial charge in [-0.3, -0.25) is 4.79 Å². The summed E-state index contributed by atoms with van der Waals surface area (Å²) in [6, 6.07) is 1.59. The number of hydrogen-bond donors (Lipinski definition) is 0. The number of alkyl halides is 3. The number of hydrogen-bond acceptors (Lipinski definition) is 4. The Bertz CT molecular complexity index is 1090. The van der Waals surface area contributed by atoms with Gasteiger partial charge in [0.1, 0.15) is 0 Å². The van der Waals surface area contributed by atoms with Crippen molar-refractivity contribution in [3.8, 4) is 0 Å². The van der Waals surface area contributed by atoms with Gasteiger partial charge >= 0.3 is 6.18 Å². The second-order valence-electron chi connectivity index (χ2n) is 7.67. The molecule has 4 nitrogen and oxygen atoms in total. The Hall–Kier alpha value is -3.13. The molecule has 3 rings (SSSR count). The smallest absolute Gasteiger partial charge is 0.418 e. The average molecular weight is 475 g/mol. The lowest BCUT2D eigenvalue weighted by Gasteiger charge is -2.28. The van der Waals surface area contributed by atoms with Crippen molar-refractivity contribution in [3.63, 3.8) is 0 Å². The van der Waals surface area contributed by atoms with Gasteiger partial charge in [0.25, 0.3) is 0 Å². The number of amides is 1. The van der Waals surface area contributed by atoms with Crippen LogP contribution < -0.4 is 0 Å². The summed E-state index contributed by atoms with van der Waals surface area (Å²) in [5.74, 6) is -0.105. The van der Waals surface area contributed by atoms with E-state index in [1.54, 1.807) is 24.1 Å². The van der Waals surface area contributed by atoms with E-state index < -0.39 is 11.7 Å². The Labute approximate surface area is 195 Å². The molecule has 0 aliphatic carbocycles. The van der Waals surface area contributed by atoms with Crippen LogP contribution in [0.1, 0.15) is 25.8 Å². The first kappa shape index (κ1) is 24.5. The number of thioether (sulfide) groups is 1. The number of rotatable bonds is 7. The maximum atomic E-state index is 13.6. The van der Waals surface area contributed by atoms with Gasteiger partial charge in [0.15, 0.2) is 0 Å². The van der Waals surface area contributed by atoms with Gasteiger partial charge in [-0.05, 0) is 42.5 Å². The summed E-state index contributed by atoms with van der Waals surface area (Å²) in [5, 5.41) is 1.93. The number of allylic oxidation sites excluding steroid dienone is 4. The molecular formula is C25H25F3N2O2S. The van der Waals surface area contributed by atoms with Gasteiger partial charge in [0.05, 0.1) is 18.1 Å². The second-order valence-corrected chi connectivity index (χ2v) is 8.67. The van der Waals surface area contributed by atoms with Gasteiger partial charge in [-0.15, -0.1) is 0 Å². The highest BCUT2D eigenvalue weighted by molar-refractivity contribution is 8.06. The summed E-state index contributed by atoms with van der Waals surface area (Å²) < 4.78 is 45.8. The number of carbonyl (C=O) groups excluding carboxylic acids is 1. The van der Waals surface area contributed by atoms with E-state index in [0.717, 1.165) is 16.6 Å². The molecule has 1 aromatic rings. The van der Waals surface area contributed by atoms with Crippen LogP contribution >= 0.6 is 11.8 Å². The molecule has 2 aliphatic heterocycles. The molecule has 0 fully saturated rings. The standard InChI is InChI=1S/C25H25F3N2O2S/c1-5-10-33-19(4)20-6-8-29(14-20)24(31)11-17(2)13-30-15-22(21-7-9-32-16-21)12-23(18(30)3)25(26,27)28/h5-7,9-10,12-13,15-16H,3-4,8,11,14H2,1-2H3/b10-5-,17-13+. The van der Waals surface area contributed by atoms with E-state index in [2.05, 4.69) is 13.2 Å². The van der Waals surface area contributed by atoms with Crippen molar-refractivity contribution in [2.45, 2.75) is 26.4 Å². The van der Waals surface area contributed by atoms with Gasteiger partial charge in [0, 0.05) is 53.6 Å². The van der Waals surface area contributed by atoms with Crippen LogP contribution in [0.4, 0.5) is 13.2 Å². The average Bonchev–Trinajstić information content (AvgIpc) is 3.45. The first-order chi connectivity index (χ1) is 15.6. The lowest BCUT2D eigenvalue weighted by Crippen LogP contribution is -2.29. The van der Waals surface area contributed by atoms with Gasteiger partial charge in [-0.1, -0.05) is 37.1 Å². The second kappa shape index (κ2) is 10.2. The van der Waals surface area contributed by atoms with Crippen LogP contribution in [0.2, 0.25) is 0 Å². The quantitative estimate of drug-likeness (QED) is 0.436. The van der Waals surface area contributed by atoms with Crippen molar-refractivity contribution in [2.75, 3.05) is 13.1 Å². The fourth-order valence-electron chi connectivity index (χ4n) is 3.40. The van der Waals surface area contributed by atoms with Crippen LogP contribution in [0.15, 0.2) is 99.5 Å². The molecule has 0 atom stereocenters. The summed E-state index contributed by atoms with van der Waals surface area (Å²) in [7, 11) is 0. The number of carbonyl (C=O) groups is 1. The Morgan fingerprint density at radius 1 is 1.36 bits per heavy atom. The molecule has 0 bridgehead atoms. The Morgan fingerprint density at radius 3 is 2.76 bits per heavy atom. The van der Waals surface area contributed by atoms with Crippen molar-refractivity contribution in [2.24, 2.45) is 0 Å². The molecule has 0 unspecified atom stereocenters. The molecule has 0 spiro atoms. The molecule has 1 aromatic heterocycles. The monoisotopic (exact) mass is 474 g/mol. The summed E-state index contributed by atoms with van der Waals surface area (Å²) in [6.45, 7) is 12.3. The van der Waals surface area contributed by atoms with E-state index >= 15 is 0 Å². The van der Waals surface area contributed by atoms with E-state index in [1.165, 1.54) is 35.4 Å². The molecule has 33 heavy (non-hydrogen) atoms. The predicted molar refractivity (Wildman–Crippen MR) is 126 cm³/mol. The van der Waals surface area contributed by atoms with Crippen LogP contribution in [-0.2, 0) is 4.79 Å². The summed E-state index contributed by atoms with van der Waals surface area (Å²) >= 11 is 1.51. The minimum Gasteiger partial charge on any atom is -0.472 e. The molecule has 1 amide bonds. The number of nitrogens with zero attached hydrogens (tertiary/aromatic N) is 2. The Morgan fingerprint density at radius 2 is 2.12 bits per heavy atom. The highest BCUT2D eigenvalue weighted by atomic mass is 32.2. The number of furan rings is 1. The van der Waals surface area contributed by atoms with E-state index in [9.17, 15) is 18.0 Å². The van der Waals surface area contributed by atoms with E-state index in [4.69, 9.17) is 4.42 Å². The molecule has 0 saturated carbocycles. The molecule has 8 heteroatoms. The first-order valence-electron chi connectivity index (χ1n) is 10.2. The minimum absolute atomic E-state index is 0.0827. The van der Waals surface area contributed by atoms with Gasteiger partial charge in [-0.2, -0.15) is 13.2 Å². The SMILES string of the molecule is C=C(S/C=C\C)C1=CCN(C(=O)C/C(C)=C/N2C=C(c3ccoc3)C=C(C(F)(F)F)C2=C)C1. The third-order valence-corrected chi connectivity index (χ3v) is 6.08. The lowest BCUT2D eigenvalue weighted by atomic mass is 10.0. The third kappa shape index (κ3) is 6.01. The van der Waals surface area contributed by atoms with Crippen molar-refractivity contribution in [1.29, 1.82) is 0 Å². The molecule has 2 aliphatic rings. The van der Waals surface area contributed by atoms with E-state index in [-0.39, 0.29) is 18.0 Å². The fourth-order valence-corrected chi connectivity index (χ4v) is 4.00. The summed E-state index contributed by atoms with van der Waals surface area (Å²) in [6.07, 6.45) is 6.30. The highest BCUT2D eigenvalue weighted by Gasteiger charge is 2.38. The van der Waals surface area contributed by atoms with Crippen molar-refractivity contribution >= 4 is 23.2 Å². The Balaban J connectivity index is 1.72. The first-order valence-corrected chi connectivity index (χ1v) is 11.1. The summed E-state index contributed by atoms with van der Waals surface area (Å²) in [5.41, 5.74) is 1.42. The minimum atomic E-state index is -4.57. The number of halogens is 3. The molecule has 174 valence electrons. The van der Waals surface area contributed by atoms with Crippen molar-refractivity contribution < 1.29 is 22.4 Å². The van der Waals surface area contributed by atoms with E-state index in [1.807, 2.05) is 24.5 Å². The van der Waals surface area contributed by atoms with Crippen molar-refractivity contribution in [3.05, 3.63) is 101 Å². The highest BCUT2D eigenvalue weighted by Crippen LogP contribution is 2.39. The zero-order valence-electron chi connectivity index (χ0n) is 18.5. The maximum absolute atomic E-state index is 13.6. The van der Waals surface area contributed by atoms with Crippen LogP contribution in [0.5, 0.6) is 0 Å². The molecular weight excluding hydrogens is 449 g/mol. The molecule has 3 heterocycles. The molecule has 0 radical (unpaired) electrons. The normalized spacial score (nSPS) is 17.4. The zero-order valence-corrected chi connectivity index (χ0v) is 19.3. The van der Waals surface area contributed by atoms with Crippen LogP contribution in [0.3, 0.4) is 0 Å². The zero-order chi connectivity index (χ0) is 24.2. The third-order valence-electron chi connectivity index (χ3n) is 5.13. The fraction of sp³-hybridized carbons (Fsp3) is 0.240. The topological polar surface area (TPSA) is 36.7 Å². The van der Waals surface area contributed by atoms with Gasteiger partial charge in [0.2, 0.25) is 5.91 Å². The van der Waals surface area contributed by atoms with Gasteiger partial charge in [-0.25, -0.2) is 0 Å². The molecule has 0 N–H and O–H groups in total. The van der Waals surface area contributed by atoms with Crippen LogP contribution in [-0.4, -0.2) is 35.0 Å². The molecule has 0 aromatic carbocycles. The van der Waals surface area contributed by atoms with Crippen LogP contribution in [0.25, 0.3) is 5.57 Å². The predicted octanol–water partition coefficient (Wildman–Crippen LogP) is 6.78. The summed E-state index contributed by atoms with van der Waals surface area (Å²) in [4.78, 5) is 16.7. The maximum Gasteiger partial charge on any atom is 0.418 e. The van der Waals surface area contributed by atoms with Crippen LogP contribution in [0, 0.1) is 0 Å². The van der Waals surface area contributed by atoms with Crippen molar-refractivity contribution in [1.82, 2.24) is 9.80 Å².